The molecule has 0 unspecified atom stereocenters. The highest BCUT2D eigenvalue weighted by molar-refractivity contribution is 8.00. The maximum Gasteiger partial charge on any atom is 0.215 e. The highest BCUT2D eigenvalue weighted by atomic mass is 35.5. The van der Waals surface area contributed by atoms with Crippen LogP contribution in [0.15, 0.2) is 78.0 Å². The van der Waals surface area contributed by atoms with E-state index in [1.54, 1.807) is 32.5 Å². The van der Waals surface area contributed by atoms with Crippen molar-refractivity contribution in [2.24, 2.45) is 0 Å². The molecule has 0 atom stereocenters. The van der Waals surface area contributed by atoms with Crippen LogP contribution in [0.25, 0.3) is 0 Å². The minimum atomic E-state index is 0.411. The van der Waals surface area contributed by atoms with Crippen LogP contribution in [-0.2, 0) is 13.1 Å². The van der Waals surface area contributed by atoms with Crippen LogP contribution in [-0.4, -0.2) is 47.6 Å². The summed E-state index contributed by atoms with van der Waals surface area (Å²) in [7, 11) is 3.31. The summed E-state index contributed by atoms with van der Waals surface area (Å²) in [5, 5.41) is 5.20. The summed E-state index contributed by atoms with van der Waals surface area (Å²) in [6, 6.07) is 23.1. The molecule has 1 aliphatic rings. The van der Waals surface area contributed by atoms with E-state index < -0.39 is 0 Å². The lowest BCUT2D eigenvalue weighted by molar-refractivity contribution is 0.211. The van der Waals surface area contributed by atoms with E-state index >= 15 is 0 Å². The monoisotopic (exact) mass is 581 g/mol. The Morgan fingerprint density at radius 2 is 1.87 bits per heavy atom. The van der Waals surface area contributed by atoms with Crippen molar-refractivity contribution in [3.63, 3.8) is 0 Å². The molecule has 10 heteroatoms. The molecule has 204 valence electrons. The van der Waals surface area contributed by atoms with Crippen LogP contribution in [0.4, 0.5) is 10.8 Å². The van der Waals surface area contributed by atoms with Gasteiger partial charge in [-0.25, -0.2) is 4.98 Å². The number of rotatable bonds is 11. The van der Waals surface area contributed by atoms with Gasteiger partial charge in [-0.05, 0) is 60.7 Å². The lowest BCUT2D eigenvalue weighted by Gasteiger charge is -2.33. The fourth-order valence-electron chi connectivity index (χ4n) is 4.65. The van der Waals surface area contributed by atoms with Crippen molar-refractivity contribution in [3.05, 3.63) is 89.2 Å². The molecule has 1 aliphatic heterocycles. The molecule has 0 saturated carbocycles. The molecule has 0 bridgehead atoms. The Labute approximate surface area is 243 Å². The van der Waals surface area contributed by atoms with Gasteiger partial charge in [-0.3, -0.25) is 9.21 Å². The minimum absolute atomic E-state index is 0.411. The molecule has 1 N–H and O–H groups in total. The van der Waals surface area contributed by atoms with Crippen LogP contribution in [0.3, 0.4) is 0 Å². The summed E-state index contributed by atoms with van der Waals surface area (Å²) < 4.78 is 17.3. The third-order valence-corrected chi connectivity index (χ3v) is 8.83. The molecule has 39 heavy (non-hydrogen) atoms. The molecule has 4 aromatic rings. The Morgan fingerprint density at radius 1 is 1.05 bits per heavy atom. The van der Waals surface area contributed by atoms with Gasteiger partial charge in [0.1, 0.15) is 17.8 Å². The maximum absolute atomic E-state index is 6.77. The summed E-state index contributed by atoms with van der Waals surface area (Å²) in [5.41, 5.74) is 3.36. The van der Waals surface area contributed by atoms with Crippen molar-refractivity contribution in [2.45, 2.75) is 36.9 Å². The number of nitrogens with one attached hydrogen (secondary N) is 1. The summed E-state index contributed by atoms with van der Waals surface area (Å²) in [4.78, 5) is 7.99. The average molecular weight is 582 g/mol. The topological polar surface area (TPSA) is 62.8 Å². The Kier molecular flexibility index (Phi) is 9.47. The number of ether oxygens (including phenoxy) is 2. The number of aromatic nitrogens is 2. The second-order valence-corrected chi connectivity index (χ2v) is 11.6. The van der Waals surface area contributed by atoms with Crippen LogP contribution < -0.4 is 19.1 Å². The average Bonchev–Trinajstić information content (AvgIpc) is 3.51. The van der Waals surface area contributed by atoms with Crippen molar-refractivity contribution in [3.8, 4) is 11.5 Å². The van der Waals surface area contributed by atoms with Gasteiger partial charge in [0.15, 0.2) is 0 Å². The first kappa shape index (κ1) is 27.6. The molecular weight excluding hydrogens is 550 g/mol. The standard InChI is InChI=1S/C29H32ClN5O2S2/c1-36-24-9-8-22(28(16-24)37-2)19-35(29-31-20-32-38-29)39-25-10-11-27(26(30)17-25)33-23-12-14-34(15-13-23)18-21-6-4-3-5-7-21/h3-11,16-17,20,23,33H,12-15,18-19H2,1-2H3. The minimum Gasteiger partial charge on any atom is -0.497 e. The molecule has 1 aromatic heterocycles. The third kappa shape index (κ3) is 7.36. The first-order chi connectivity index (χ1) is 19.1. The molecule has 3 aromatic carbocycles. The first-order valence-corrected chi connectivity index (χ1v) is 14.8. The zero-order valence-corrected chi connectivity index (χ0v) is 24.4. The van der Waals surface area contributed by atoms with Gasteiger partial charge in [0, 0.05) is 53.7 Å². The molecule has 2 heterocycles. The number of nitrogens with zero attached hydrogens (tertiary/aromatic N) is 4. The molecule has 1 saturated heterocycles. The number of methoxy groups -OCH3 is 2. The highest BCUT2D eigenvalue weighted by Crippen LogP contribution is 2.37. The van der Waals surface area contributed by atoms with Gasteiger partial charge in [0.25, 0.3) is 0 Å². The van der Waals surface area contributed by atoms with Gasteiger partial charge in [-0.1, -0.05) is 41.9 Å². The number of anilines is 2. The van der Waals surface area contributed by atoms with Gasteiger partial charge < -0.3 is 14.8 Å². The van der Waals surface area contributed by atoms with Gasteiger partial charge in [0.2, 0.25) is 5.13 Å². The zero-order valence-electron chi connectivity index (χ0n) is 22.0. The number of halogens is 1. The van der Waals surface area contributed by atoms with E-state index in [0.29, 0.717) is 17.6 Å². The summed E-state index contributed by atoms with van der Waals surface area (Å²) in [6.45, 7) is 3.73. The van der Waals surface area contributed by atoms with Crippen molar-refractivity contribution >= 4 is 45.9 Å². The highest BCUT2D eigenvalue weighted by Gasteiger charge is 2.21. The van der Waals surface area contributed by atoms with E-state index in [1.807, 2.05) is 24.3 Å². The van der Waals surface area contributed by atoms with Crippen LogP contribution in [0.5, 0.6) is 11.5 Å². The fourth-order valence-corrected chi connectivity index (χ4v) is 6.48. The third-order valence-electron chi connectivity index (χ3n) is 6.72. The molecule has 1 fully saturated rings. The van der Waals surface area contributed by atoms with Crippen molar-refractivity contribution < 1.29 is 9.47 Å². The van der Waals surface area contributed by atoms with E-state index in [4.69, 9.17) is 21.1 Å². The molecule has 5 rings (SSSR count). The van der Waals surface area contributed by atoms with Gasteiger partial charge in [0.05, 0.1) is 31.5 Å². The largest absolute Gasteiger partial charge is 0.497 e. The number of likely N-dealkylation sites (tertiary alicyclic amines) is 1. The van der Waals surface area contributed by atoms with E-state index in [1.165, 1.54) is 17.1 Å². The second kappa shape index (κ2) is 13.4. The first-order valence-electron chi connectivity index (χ1n) is 12.9. The lowest BCUT2D eigenvalue weighted by atomic mass is 10.0. The molecule has 7 nitrogen and oxygen atoms in total. The molecule has 0 radical (unpaired) electrons. The lowest BCUT2D eigenvalue weighted by Crippen LogP contribution is -2.38. The Balaban J connectivity index is 1.22. The van der Waals surface area contributed by atoms with Gasteiger partial charge in [-0.2, -0.15) is 4.37 Å². The summed E-state index contributed by atoms with van der Waals surface area (Å²) in [6.07, 6.45) is 3.76. The van der Waals surface area contributed by atoms with E-state index in [9.17, 15) is 0 Å². The number of benzene rings is 3. The van der Waals surface area contributed by atoms with E-state index in [2.05, 4.69) is 66.3 Å². The maximum atomic E-state index is 6.77. The normalized spacial score (nSPS) is 14.2. The molecule has 0 spiro atoms. The zero-order chi connectivity index (χ0) is 27.0. The van der Waals surface area contributed by atoms with Gasteiger partial charge in [-0.15, -0.1) is 0 Å². The predicted molar refractivity (Wildman–Crippen MR) is 161 cm³/mol. The van der Waals surface area contributed by atoms with E-state index in [0.717, 1.165) is 65.3 Å². The Bertz CT molecular complexity index is 1340. The summed E-state index contributed by atoms with van der Waals surface area (Å²) >= 11 is 9.70. The smallest absolute Gasteiger partial charge is 0.215 e. The van der Waals surface area contributed by atoms with Gasteiger partial charge >= 0.3 is 0 Å². The number of piperidine rings is 1. The molecule has 0 amide bonds. The molecular formula is C29H32ClN5O2S2. The van der Waals surface area contributed by atoms with Crippen molar-refractivity contribution in [2.75, 3.05) is 36.9 Å². The van der Waals surface area contributed by atoms with E-state index in [-0.39, 0.29) is 0 Å². The number of hydrogen-bond donors (Lipinski definition) is 1. The van der Waals surface area contributed by atoms with Crippen LogP contribution >= 0.6 is 35.1 Å². The number of hydrogen-bond acceptors (Lipinski definition) is 9. The fraction of sp³-hybridized carbons (Fsp3) is 0.310. The van der Waals surface area contributed by atoms with Crippen molar-refractivity contribution in [1.29, 1.82) is 0 Å². The Morgan fingerprint density at radius 3 is 2.56 bits per heavy atom. The predicted octanol–water partition coefficient (Wildman–Crippen LogP) is 7.00. The Hall–Kier alpha value is -2.98. The van der Waals surface area contributed by atoms with Crippen LogP contribution in [0.2, 0.25) is 5.02 Å². The van der Waals surface area contributed by atoms with Crippen LogP contribution in [0.1, 0.15) is 24.0 Å². The SMILES string of the molecule is COc1ccc(CN(Sc2ccc(NC3CCN(Cc4ccccc4)CC3)c(Cl)c2)c2ncns2)c(OC)c1. The molecule has 0 aliphatic carbocycles. The van der Waals surface area contributed by atoms with Crippen LogP contribution in [0, 0.1) is 0 Å². The quantitative estimate of drug-likeness (QED) is 0.190. The second-order valence-electron chi connectivity index (χ2n) is 9.35. The summed E-state index contributed by atoms with van der Waals surface area (Å²) in [5.74, 6) is 1.51. The van der Waals surface area contributed by atoms with Crippen molar-refractivity contribution in [1.82, 2.24) is 14.3 Å².